The topological polar surface area (TPSA) is 63.6 Å². The molecule has 1 aliphatic rings. The largest absolute Gasteiger partial charge is 0.478 e. The molecule has 66 valence electrons. The summed E-state index contributed by atoms with van der Waals surface area (Å²) in [5, 5.41) is 8.56. The van der Waals surface area contributed by atoms with Crippen LogP contribution < -0.4 is 0 Å². The maximum atomic E-state index is 11.0. The average Bonchev–Trinajstić information content (AvgIpc) is 1.82. The second-order valence-electron chi connectivity index (χ2n) is 2.48. The van der Waals surface area contributed by atoms with E-state index in [0.717, 1.165) is 0 Å². The van der Waals surface area contributed by atoms with E-state index in [1.54, 1.807) is 6.92 Å². The van der Waals surface area contributed by atoms with E-state index in [9.17, 15) is 9.59 Å². The third-order valence-electron chi connectivity index (χ3n) is 1.77. The summed E-state index contributed by atoms with van der Waals surface area (Å²) in [5.41, 5.74) is 0.526. The maximum Gasteiger partial charge on any atom is 0.334 e. The van der Waals surface area contributed by atoms with Crippen LogP contribution in [0.5, 0.6) is 0 Å². The molecule has 0 atom stereocenters. The van der Waals surface area contributed by atoms with Crippen LogP contribution in [0.15, 0.2) is 11.1 Å². The summed E-state index contributed by atoms with van der Waals surface area (Å²) in [4.78, 5) is 21.4. The van der Waals surface area contributed by atoms with Gasteiger partial charge in [-0.15, -0.1) is 0 Å². The van der Waals surface area contributed by atoms with Crippen LogP contribution >= 0.6 is 0 Å². The standard InChI is InChI=1S/C8H10O4/c1-2-12-8(11)6-4-3-5(6)7(9)10/h2-4H2,1H3,(H,9,10). The van der Waals surface area contributed by atoms with Crippen molar-refractivity contribution < 1.29 is 19.4 Å². The number of carboxylic acid groups (broad SMARTS) is 1. The molecule has 0 unspecified atom stereocenters. The first-order chi connectivity index (χ1) is 5.66. The van der Waals surface area contributed by atoms with Crippen molar-refractivity contribution in [1.29, 1.82) is 0 Å². The Kier molecular flexibility index (Phi) is 2.47. The van der Waals surface area contributed by atoms with Gasteiger partial charge in [0.1, 0.15) is 0 Å². The highest BCUT2D eigenvalue weighted by atomic mass is 16.5. The number of esters is 1. The van der Waals surface area contributed by atoms with Gasteiger partial charge in [0.05, 0.1) is 6.61 Å². The Labute approximate surface area is 69.8 Å². The second kappa shape index (κ2) is 3.38. The van der Waals surface area contributed by atoms with Gasteiger partial charge in [0.15, 0.2) is 0 Å². The lowest BCUT2D eigenvalue weighted by atomic mass is 9.88. The molecule has 0 spiro atoms. The highest BCUT2D eigenvalue weighted by Gasteiger charge is 2.28. The number of carbonyl (C=O) groups excluding carboxylic acids is 1. The highest BCUT2D eigenvalue weighted by molar-refractivity contribution is 6.02. The molecule has 0 radical (unpaired) electrons. The van der Waals surface area contributed by atoms with Crippen molar-refractivity contribution in [2.45, 2.75) is 19.8 Å². The number of carboxylic acids is 1. The van der Waals surface area contributed by atoms with E-state index in [0.29, 0.717) is 18.4 Å². The quantitative estimate of drug-likeness (QED) is 0.634. The fourth-order valence-corrected chi connectivity index (χ4v) is 1.05. The van der Waals surface area contributed by atoms with Gasteiger partial charge in [-0.2, -0.15) is 0 Å². The van der Waals surface area contributed by atoms with Gasteiger partial charge >= 0.3 is 11.9 Å². The third kappa shape index (κ3) is 1.47. The van der Waals surface area contributed by atoms with Crippen LogP contribution in [0.3, 0.4) is 0 Å². The van der Waals surface area contributed by atoms with Crippen molar-refractivity contribution in [3.63, 3.8) is 0 Å². The first-order valence-corrected chi connectivity index (χ1v) is 3.79. The van der Waals surface area contributed by atoms with Crippen molar-refractivity contribution in [2.24, 2.45) is 0 Å². The van der Waals surface area contributed by atoms with E-state index >= 15 is 0 Å². The summed E-state index contributed by atoms with van der Waals surface area (Å²) >= 11 is 0. The Bertz CT molecular complexity index is 252. The number of hydrogen-bond donors (Lipinski definition) is 1. The zero-order valence-corrected chi connectivity index (χ0v) is 6.79. The molecule has 0 aliphatic heterocycles. The summed E-state index contributed by atoms with van der Waals surface area (Å²) in [7, 11) is 0. The van der Waals surface area contributed by atoms with Crippen LogP contribution in [0.2, 0.25) is 0 Å². The van der Waals surface area contributed by atoms with Gasteiger partial charge in [0, 0.05) is 11.1 Å². The van der Waals surface area contributed by atoms with E-state index in [1.807, 2.05) is 0 Å². The van der Waals surface area contributed by atoms with Gasteiger partial charge in [0.25, 0.3) is 0 Å². The molecular weight excluding hydrogens is 160 g/mol. The molecule has 0 saturated heterocycles. The van der Waals surface area contributed by atoms with Gasteiger partial charge in [0.2, 0.25) is 0 Å². The molecule has 0 bridgehead atoms. The first kappa shape index (κ1) is 8.77. The first-order valence-electron chi connectivity index (χ1n) is 3.79. The molecule has 0 aromatic heterocycles. The zero-order chi connectivity index (χ0) is 9.14. The molecule has 0 heterocycles. The van der Waals surface area contributed by atoms with Crippen molar-refractivity contribution in [2.75, 3.05) is 6.61 Å². The van der Waals surface area contributed by atoms with Crippen LogP contribution in [0.4, 0.5) is 0 Å². The van der Waals surface area contributed by atoms with Crippen molar-refractivity contribution in [3.8, 4) is 0 Å². The fourth-order valence-electron chi connectivity index (χ4n) is 1.05. The summed E-state index contributed by atoms with van der Waals surface area (Å²) < 4.78 is 4.67. The van der Waals surface area contributed by atoms with Gasteiger partial charge in [-0.1, -0.05) is 0 Å². The van der Waals surface area contributed by atoms with E-state index in [1.165, 1.54) is 0 Å². The van der Waals surface area contributed by atoms with Crippen molar-refractivity contribution in [1.82, 2.24) is 0 Å². The van der Waals surface area contributed by atoms with Crippen LogP contribution in [-0.4, -0.2) is 23.7 Å². The van der Waals surface area contributed by atoms with Crippen LogP contribution in [-0.2, 0) is 14.3 Å². The number of aliphatic carboxylic acids is 1. The van der Waals surface area contributed by atoms with Crippen LogP contribution in [0.25, 0.3) is 0 Å². The smallest absolute Gasteiger partial charge is 0.334 e. The van der Waals surface area contributed by atoms with Crippen LogP contribution in [0, 0.1) is 0 Å². The lowest BCUT2D eigenvalue weighted by Gasteiger charge is -2.18. The minimum Gasteiger partial charge on any atom is -0.478 e. The summed E-state index contributed by atoms with van der Waals surface area (Å²) in [5.74, 6) is -1.49. The van der Waals surface area contributed by atoms with Gasteiger partial charge in [-0.05, 0) is 19.8 Å². The molecule has 1 rings (SSSR count). The van der Waals surface area contributed by atoms with Gasteiger partial charge in [-0.3, -0.25) is 0 Å². The molecule has 0 amide bonds. The number of carbonyl (C=O) groups is 2. The SMILES string of the molecule is CCOC(=O)C1=C(C(=O)O)CC1. The summed E-state index contributed by atoms with van der Waals surface area (Å²) in [6.45, 7) is 1.98. The molecule has 12 heavy (non-hydrogen) atoms. The summed E-state index contributed by atoms with van der Waals surface area (Å²) in [6.07, 6.45) is 1.00. The zero-order valence-electron chi connectivity index (χ0n) is 6.79. The number of rotatable bonds is 3. The molecule has 0 aromatic carbocycles. The molecule has 1 aliphatic carbocycles. The molecule has 4 nitrogen and oxygen atoms in total. The Morgan fingerprint density at radius 3 is 2.33 bits per heavy atom. The number of hydrogen-bond acceptors (Lipinski definition) is 3. The maximum absolute atomic E-state index is 11.0. The lowest BCUT2D eigenvalue weighted by Crippen LogP contribution is -2.21. The predicted octanol–water partition coefficient (Wildman–Crippen LogP) is 0.724. The predicted molar refractivity (Wildman–Crippen MR) is 40.5 cm³/mol. The molecule has 1 N–H and O–H groups in total. The van der Waals surface area contributed by atoms with Gasteiger partial charge in [-0.25, -0.2) is 9.59 Å². The highest BCUT2D eigenvalue weighted by Crippen LogP contribution is 2.28. The van der Waals surface area contributed by atoms with E-state index in [4.69, 9.17) is 5.11 Å². The minimum atomic E-state index is -1.01. The Morgan fingerprint density at radius 2 is 2.00 bits per heavy atom. The third-order valence-corrected chi connectivity index (χ3v) is 1.77. The van der Waals surface area contributed by atoms with Gasteiger partial charge < -0.3 is 9.84 Å². The molecule has 0 saturated carbocycles. The molecule has 0 aromatic rings. The molecular formula is C8H10O4. The monoisotopic (exact) mass is 170 g/mol. The Morgan fingerprint density at radius 1 is 1.42 bits per heavy atom. The number of ether oxygens (including phenoxy) is 1. The lowest BCUT2D eigenvalue weighted by molar-refractivity contribution is -0.141. The van der Waals surface area contributed by atoms with E-state index < -0.39 is 11.9 Å². The van der Waals surface area contributed by atoms with E-state index in [-0.39, 0.29) is 12.2 Å². The van der Waals surface area contributed by atoms with Crippen LogP contribution in [0.1, 0.15) is 19.8 Å². The molecule has 0 fully saturated rings. The summed E-state index contributed by atoms with van der Waals surface area (Å²) in [6, 6.07) is 0. The fraction of sp³-hybridized carbons (Fsp3) is 0.500. The Balaban J connectivity index is 2.70. The normalized spacial score (nSPS) is 15.4. The van der Waals surface area contributed by atoms with Crippen molar-refractivity contribution >= 4 is 11.9 Å². The van der Waals surface area contributed by atoms with E-state index in [2.05, 4.69) is 4.74 Å². The Hall–Kier alpha value is -1.32. The van der Waals surface area contributed by atoms with Crippen molar-refractivity contribution in [3.05, 3.63) is 11.1 Å². The second-order valence-corrected chi connectivity index (χ2v) is 2.48. The average molecular weight is 170 g/mol. The molecule has 4 heteroatoms. The minimum absolute atomic E-state index is 0.202.